The van der Waals surface area contributed by atoms with Crippen molar-refractivity contribution in [1.29, 1.82) is 0 Å². The van der Waals surface area contributed by atoms with Gasteiger partial charge in [0, 0.05) is 19.3 Å². The van der Waals surface area contributed by atoms with Crippen molar-refractivity contribution in [3.8, 4) is 0 Å². The highest BCUT2D eigenvalue weighted by molar-refractivity contribution is 7.89. The van der Waals surface area contributed by atoms with Crippen LogP contribution in [0.2, 0.25) is 0 Å². The van der Waals surface area contributed by atoms with E-state index in [-0.39, 0.29) is 23.8 Å². The predicted molar refractivity (Wildman–Crippen MR) is 72.6 cm³/mol. The van der Waals surface area contributed by atoms with E-state index < -0.39 is 10.0 Å². The highest BCUT2D eigenvalue weighted by atomic mass is 32.2. The Balaban J connectivity index is 2.08. The first kappa shape index (κ1) is 14.6. The van der Waals surface area contributed by atoms with Crippen molar-refractivity contribution in [3.05, 3.63) is 59.7 Å². The molecule has 0 radical (unpaired) electrons. The van der Waals surface area contributed by atoms with Crippen LogP contribution in [0.3, 0.4) is 0 Å². The van der Waals surface area contributed by atoms with Gasteiger partial charge in [-0.05, 0) is 29.8 Å². The molecule has 20 heavy (non-hydrogen) atoms. The van der Waals surface area contributed by atoms with Crippen molar-refractivity contribution < 1.29 is 12.8 Å². The molecule has 0 aliphatic carbocycles. The fourth-order valence-electron chi connectivity index (χ4n) is 1.55. The fourth-order valence-corrected chi connectivity index (χ4v) is 2.52. The Hall–Kier alpha value is -1.83. The van der Waals surface area contributed by atoms with E-state index in [1.165, 1.54) is 36.5 Å². The highest BCUT2D eigenvalue weighted by Crippen LogP contribution is 2.09. The van der Waals surface area contributed by atoms with Crippen LogP contribution < -0.4 is 10.5 Å². The van der Waals surface area contributed by atoms with Gasteiger partial charge in [0.15, 0.2) is 0 Å². The van der Waals surface area contributed by atoms with Crippen LogP contribution in [-0.2, 0) is 23.1 Å². The van der Waals surface area contributed by atoms with Gasteiger partial charge < -0.3 is 5.73 Å². The number of sulfonamides is 1. The Morgan fingerprint density at radius 1 is 1.15 bits per heavy atom. The molecule has 0 fully saturated rings. The van der Waals surface area contributed by atoms with E-state index in [0.29, 0.717) is 11.3 Å². The van der Waals surface area contributed by atoms with Crippen LogP contribution in [0.1, 0.15) is 11.3 Å². The van der Waals surface area contributed by atoms with Crippen LogP contribution in [-0.4, -0.2) is 13.4 Å². The number of nitrogens with zero attached hydrogens (tertiary/aromatic N) is 1. The molecule has 0 saturated carbocycles. The summed E-state index contributed by atoms with van der Waals surface area (Å²) in [6.07, 6.45) is 1.26. The Kier molecular flexibility index (Phi) is 4.43. The molecule has 7 heteroatoms. The fraction of sp³-hybridized carbons (Fsp3) is 0.154. The number of pyridine rings is 1. The molecule has 0 unspecified atom stereocenters. The van der Waals surface area contributed by atoms with Crippen LogP contribution in [0.25, 0.3) is 0 Å². The molecule has 0 bridgehead atoms. The van der Waals surface area contributed by atoms with E-state index in [1.54, 1.807) is 6.07 Å². The maximum Gasteiger partial charge on any atom is 0.242 e. The van der Waals surface area contributed by atoms with Crippen molar-refractivity contribution in [3.63, 3.8) is 0 Å². The Labute approximate surface area is 116 Å². The third-order valence-electron chi connectivity index (χ3n) is 2.70. The lowest BCUT2D eigenvalue weighted by Gasteiger charge is -2.07. The smallest absolute Gasteiger partial charge is 0.242 e. The number of aromatic nitrogens is 1. The Morgan fingerprint density at radius 2 is 1.85 bits per heavy atom. The van der Waals surface area contributed by atoms with E-state index >= 15 is 0 Å². The monoisotopic (exact) mass is 295 g/mol. The molecule has 0 aliphatic heterocycles. The van der Waals surface area contributed by atoms with Gasteiger partial charge in [-0.15, -0.1) is 0 Å². The van der Waals surface area contributed by atoms with Gasteiger partial charge in [-0.3, -0.25) is 4.98 Å². The summed E-state index contributed by atoms with van der Waals surface area (Å²) < 4.78 is 39.2. The van der Waals surface area contributed by atoms with Crippen molar-refractivity contribution in [2.75, 3.05) is 0 Å². The number of nitrogens with two attached hydrogens (primary N) is 1. The second-order valence-electron chi connectivity index (χ2n) is 4.14. The van der Waals surface area contributed by atoms with Crippen molar-refractivity contribution in [2.45, 2.75) is 18.0 Å². The Bertz CT molecular complexity index is 670. The zero-order valence-electron chi connectivity index (χ0n) is 10.6. The number of benzene rings is 1. The topological polar surface area (TPSA) is 85.1 Å². The number of hydrogen-bond donors (Lipinski definition) is 2. The van der Waals surface area contributed by atoms with Crippen molar-refractivity contribution >= 4 is 10.0 Å². The molecule has 0 saturated heterocycles. The molecule has 0 spiro atoms. The summed E-state index contributed by atoms with van der Waals surface area (Å²) in [5.74, 6) is -0.363. The third kappa shape index (κ3) is 3.60. The van der Waals surface area contributed by atoms with E-state index in [0.717, 1.165) is 0 Å². The number of halogens is 1. The van der Waals surface area contributed by atoms with Gasteiger partial charge in [0.2, 0.25) is 10.0 Å². The van der Waals surface area contributed by atoms with E-state index in [2.05, 4.69) is 9.71 Å². The minimum Gasteiger partial charge on any atom is -0.325 e. The quantitative estimate of drug-likeness (QED) is 0.866. The molecule has 0 atom stereocenters. The molecule has 1 aromatic carbocycles. The van der Waals surface area contributed by atoms with Crippen LogP contribution in [0.5, 0.6) is 0 Å². The molecule has 3 N–H and O–H groups in total. The summed E-state index contributed by atoms with van der Waals surface area (Å²) in [6.45, 7) is 0.338. The second kappa shape index (κ2) is 6.08. The molecule has 2 rings (SSSR count). The molecule has 0 amide bonds. The summed E-state index contributed by atoms with van der Waals surface area (Å²) in [5, 5.41) is 0. The summed E-state index contributed by atoms with van der Waals surface area (Å²) in [4.78, 5) is 4.00. The molecular formula is C13H14FN3O2S. The third-order valence-corrected chi connectivity index (χ3v) is 4.08. The van der Waals surface area contributed by atoms with Crippen LogP contribution in [0, 0.1) is 5.82 Å². The second-order valence-corrected chi connectivity index (χ2v) is 5.91. The average Bonchev–Trinajstić information content (AvgIpc) is 2.47. The molecule has 1 heterocycles. The number of rotatable bonds is 5. The van der Waals surface area contributed by atoms with Crippen molar-refractivity contribution in [1.82, 2.24) is 9.71 Å². The summed E-state index contributed by atoms with van der Waals surface area (Å²) >= 11 is 0. The van der Waals surface area contributed by atoms with Gasteiger partial charge in [0.05, 0.1) is 5.69 Å². The standard InChI is InChI=1S/C13H14FN3O2S/c14-11-3-1-10(2-4-11)8-17-20(18,19)13-6-5-12(7-15)16-9-13/h1-6,9,17H,7-8,15H2. The maximum absolute atomic E-state index is 12.7. The minimum atomic E-state index is -3.64. The largest absolute Gasteiger partial charge is 0.325 e. The predicted octanol–water partition coefficient (Wildman–Crippen LogP) is 1.16. The van der Waals surface area contributed by atoms with Gasteiger partial charge >= 0.3 is 0 Å². The van der Waals surface area contributed by atoms with E-state index in [1.807, 2.05) is 0 Å². The zero-order valence-corrected chi connectivity index (χ0v) is 11.4. The normalized spacial score (nSPS) is 11.5. The SMILES string of the molecule is NCc1ccc(S(=O)(=O)NCc2ccc(F)cc2)cn1. The Morgan fingerprint density at radius 3 is 2.40 bits per heavy atom. The molecule has 5 nitrogen and oxygen atoms in total. The first-order chi connectivity index (χ1) is 9.51. The lowest BCUT2D eigenvalue weighted by atomic mass is 10.2. The first-order valence-electron chi connectivity index (χ1n) is 5.90. The zero-order chi connectivity index (χ0) is 14.6. The van der Waals surface area contributed by atoms with Gasteiger partial charge in [-0.25, -0.2) is 17.5 Å². The van der Waals surface area contributed by atoms with E-state index in [4.69, 9.17) is 5.73 Å². The van der Waals surface area contributed by atoms with Gasteiger partial charge in [-0.1, -0.05) is 12.1 Å². The maximum atomic E-state index is 12.7. The number of nitrogens with one attached hydrogen (secondary N) is 1. The van der Waals surface area contributed by atoms with Gasteiger partial charge in [-0.2, -0.15) is 0 Å². The van der Waals surface area contributed by atoms with Gasteiger partial charge in [0.1, 0.15) is 10.7 Å². The molecular weight excluding hydrogens is 281 g/mol. The summed E-state index contributed by atoms with van der Waals surface area (Å²) in [7, 11) is -3.64. The average molecular weight is 295 g/mol. The summed E-state index contributed by atoms with van der Waals surface area (Å²) in [6, 6.07) is 8.61. The molecule has 1 aromatic heterocycles. The minimum absolute atomic E-state index is 0.0665. The van der Waals surface area contributed by atoms with Crippen LogP contribution >= 0.6 is 0 Å². The number of hydrogen-bond acceptors (Lipinski definition) is 4. The van der Waals surface area contributed by atoms with Crippen LogP contribution in [0.15, 0.2) is 47.5 Å². The van der Waals surface area contributed by atoms with Crippen molar-refractivity contribution in [2.24, 2.45) is 5.73 Å². The lowest BCUT2D eigenvalue weighted by molar-refractivity contribution is 0.580. The molecule has 2 aromatic rings. The lowest BCUT2D eigenvalue weighted by Crippen LogP contribution is -2.23. The first-order valence-corrected chi connectivity index (χ1v) is 7.39. The molecule has 0 aliphatic rings. The van der Waals surface area contributed by atoms with E-state index in [9.17, 15) is 12.8 Å². The van der Waals surface area contributed by atoms with Crippen LogP contribution in [0.4, 0.5) is 4.39 Å². The molecule has 106 valence electrons. The van der Waals surface area contributed by atoms with Gasteiger partial charge in [0.25, 0.3) is 0 Å². The highest BCUT2D eigenvalue weighted by Gasteiger charge is 2.13. The summed E-state index contributed by atoms with van der Waals surface area (Å²) in [5.41, 5.74) is 6.68.